The van der Waals surface area contributed by atoms with Crippen molar-refractivity contribution in [2.75, 3.05) is 32.5 Å². The van der Waals surface area contributed by atoms with Crippen LogP contribution in [0.5, 0.6) is 0 Å². The molecule has 1 unspecified atom stereocenters. The summed E-state index contributed by atoms with van der Waals surface area (Å²) in [6, 6.07) is 5.14. The van der Waals surface area contributed by atoms with Crippen molar-refractivity contribution >= 4 is 15.7 Å². The predicted molar refractivity (Wildman–Crippen MR) is 77.0 cm³/mol. The second kappa shape index (κ2) is 5.48. The Hall–Kier alpha value is -1.11. The van der Waals surface area contributed by atoms with Crippen LogP contribution in [0, 0.1) is 0 Å². The van der Waals surface area contributed by atoms with Crippen molar-refractivity contribution in [2.45, 2.75) is 24.3 Å². The van der Waals surface area contributed by atoms with Crippen molar-refractivity contribution in [3.63, 3.8) is 0 Å². The molecule has 0 saturated carbocycles. The zero-order valence-electron chi connectivity index (χ0n) is 11.6. The number of nitrogens with zero attached hydrogens (tertiary/aromatic N) is 1. The molecule has 0 fully saturated rings. The molecule has 6 heteroatoms. The SMILES string of the molecule is CC(CN(C)C)NS(=O)(=O)c1ccc2c(c1)CCN2. The van der Waals surface area contributed by atoms with Crippen LogP contribution in [0.3, 0.4) is 0 Å². The Balaban J connectivity index is 2.15. The second-order valence-electron chi connectivity index (χ2n) is 5.28. The molecular formula is C13H21N3O2S. The highest BCUT2D eigenvalue weighted by atomic mass is 32.2. The fourth-order valence-corrected chi connectivity index (χ4v) is 3.65. The molecule has 1 atom stereocenters. The Bertz CT molecular complexity index is 555. The van der Waals surface area contributed by atoms with Crippen molar-refractivity contribution in [3.8, 4) is 0 Å². The molecule has 0 bridgehead atoms. The molecule has 1 aliphatic rings. The number of likely N-dealkylation sites (N-methyl/N-ethyl adjacent to an activating group) is 1. The molecule has 1 aromatic rings. The summed E-state index contributed by atoms with van der Waals surface area (Å²) >= 11 is 0. The maximum absolute atomic E-state index is 12.3. The van der Waals surface area contributed by atoms with Gasteiger partial charge in [0.2, 0.25) is 10.0 Å². The number of sulfonamides is 1. The molecule has 1 aliphatic heterocycles. The number of benzene rings is 1. The van der Waals surface area contributed by atoms with E-state index in [1.54, 1.807) is 12.1 Å². The van der Waals surface area contributed by atoms with Gasteiger partial charge in [-0.25, -0.2) is 13.1 Å². The van der Waals surface area contributed by atoms with Crippen molar-refractivity contribution in [1.82, 2.24) is 9.62 Å². The molecular weight excluding hydrogens is 262 g/mol. The quantitative estimate of drug-likeness (QED) is 0.842. The normalized spacial score (nSPS) is 16.2. The number of rotatable bonds is 5. The van der Waals surface area contributed by atoms with Crippen LogP contribution in [0.15, 0.2) is 23.1 Å². The van der Waals surface area contributed by atoms with Gasteiger partial charge in [-0.15, -0.1) is 0 Å². The average Bonchev–Trinajstić information content (AvgIpc) is 2.73. The maximum atomic E-state index is 12.3. The Labute approximate surface area is 115 Å². The number of fused-ring (bicyclic) bond motifs is 1. The van der Waals surface area contributed by atoms with Gasteiger partial charge in [0, 0.05) is 24.8 Å². The molecule has 2 rings (SSSR count). The van der Waals surface area contributed by atoms with Gasteiger partial charge in [-0.1, -0.05) is 0 Å². The number of anilines is 1. The van der Waals surface area contributed by atoms with Crippen LogP contribution in [0.1, 0.15) is 12.5 Å². The van der Waals surface area contributed by atoms with E-state index in [0.717, 1.165) is 24.2 Å². The Morgan fingerprint density at radius 1 is 1.42 bits per heavy atom. The summed E-state index contributed by atoms with van der Waals surface area (Å²) in [4.78, 5) is 2.31. The van der Waals surface area contributed by atoms with Gasteiger partial charge in [-0.05, 0) is 51.2 Å². The molecule has 0 saturated heterocycles. The molecule has 0 amide bonds. The first kappa shape index (κ1) is 14.3. The van der Waals surface area contributed by atoms with E-state index >= 15 is 0 Å². The van der Waals surface area contributed by atoms with Crippen molar-refractivity contribution in [3.05, 3.63) is 23.8 Å². The molecule has 1 heterocycles. The third-order valence-corrected chi connectivity index (χ3v) is 4.68. The standard InChI is InChI=1S/C13H21N3O2S/c1-10(9-16(2)3)15-19(17,18)12-4-5-13-11(8-12)6-7-14-13/h4-5,8,10,14-15H,6-7,9H2,1-3H3. The molecule has 2 N–H and O–H groups in total. The molecule has 106 valence electrons. The average molecular weight is 283 g/mol. The van der Waals surface area contributed by atoms with Crippen LogP contribution in [-0.4, -0.2) is 46.5 Å². The molecule has 0 radical (unpaired) electrons. The van der Waals surface area contributed by atoms with Gasteiger partial charge in [0.15, 0.2) is 0 Å². The lowest BCUT2D eigenvalue weighted by Crippen LogP contribution is -2.39. The Morgan fingerprint density at radius 3 is 2.84 bits per heavy atom. The maximum Gasteiger partial charge on any atom is 0.240 e. The van der Waals surface area contributed by atoms with Crippen LogP contribution in [0.4, 0.5) is 5.69 Å². The van der Waals surface area contributed by atoms with E-state index in [-0.39, 0.29) is 6.04 Å². The van der Waals surface area contributed by atoms with Crippen LogP contribution < -0.4 is 10.0 Å². The summed E-state index contributed by atoms with van der Waals surface area (Å²) in [5, 5.41) is 3.22. The van der Waals surface area contributed by atoms with Crippen molar-refractivity contribution in [2.24, 2.45) is 0 Å². The summed E-state index contributed by atoms with van der Waals surface area (Å²) in [6.07, 6.45) is 0.881. The van der Waals surface area contributed by atoms with E-state index in [2.05, 4.69) is 10.0 Å². The Morgan fingerprint density at radius 2 is 2.16 bits per heavy atom. The Kier molecular flexibility index (Phi) is 4.13. The first-order valence-electron chi connectivity index (χ1n) is 6.42. The lowest BCUT2D eigenvalue weighted by atomic mass is 10.2. The topological polar surface area (TPSA) is 61.4 Å². The van der Waals surface area contributed by atoms with Gasteiger partial charge < -0.3 is 10.2 Å². The zero-order chi connectivity index (χ0) is 14.0. The lowest BCUT2D eigenvalue weighted by Gasteiger charge is -2.18. The summed E-state index contributed by atoms with van der Waals surface area (Å²) in [5.74, 6) is 0. The van der Waals surface area contributed by atoms with E-state index in [0.29, 0.717) is 11.4 Å². The zero-order valence-corrected chi connectivity index (χ0v) is 12.4. The van der Waals surface area contributed by atoms with Gasteiger partial charge in [-0.3, -0.25) is 0 Å². The van der Waals surface area contributed by atoms with E-state index in [1.807, 2.05) is 32.0 Å². The highest BCUT2D eigenvalue weighted by molar-refractivity contribution is 7.89. The van der Waals surface area contributed by atoms with E-state index in [1.165, 1.54) is 0 Å². The molecule has 19 heavy (non-hydrogen) atoms. The largest absolute Gasteiger partial charge is 0.384 e. The van der Waals surface area contributed by atoms with Gasteiger partial charge in [-0.2, -0.15) is 0 Å². The molecule has 0 aliphatic carbocycles. The summed E-state index contributed by atoms with van der Waals surface area (Å²) in [5.41, 5.74) is 2.11. The number of nitrogens with one attached hydrogen (secondary N) is 2. The third-order valence-electron chi connectivity index (χ3n) is 3.09. The summed E-state index contributed by atoms with van der Waals surface area (Å²) in [6.45, 7) is 3.42. The fraction of sp³-hybridized carbons (Fsp3) is 0.538. The molecule has 1 aromatic carbocycles. The molecule has 0 aromatic heterocycles. The summed E-state index contributed by atoms with van der Waals surface area (Å²) < 4.78 is 27.3. The van der Waals surface area contributed by atoms with Crippen molar-refractivity contribution < 1.29 is 8.42 Å². The lowest BCUT2D eigenvalue weighted by molar-refractivity contribution is 0.370. The summed E-state index contributed by atoms with van der Waals surface area (Å²) in [7, 11) is 0.414. The number of hydrogen-bond acceptors (Lipinski definition) is 4. The van der Waals surface area contributed by atoms with Gasteiger partial charge in [0.1, 0.15) is 0 Å². The van der Waals surface area contributed by atoms with E-state index < -0.39 is 10.0 Å². The second-order valence-corrected chi connectivity index (χ2v) is 6.99. The van der Waals surface area contributed by atoms with E-state index in [9.17, 15) is 8.42 Å². The van der Waals surface area contributed by atoms with Gasteiger partial charge in [0.05, 0.1) is 4.90 Å². The minimum absolute atomic E-state index is 0.119. The van der Waals surface area contributed by atoms with Crippen molar-refractivity contribution in [1.29, 1.82) is 0 Å². The van der Waals surface area contributed by atoms with Gasteiger partial charge >= 0.3 is 0 Å². The van der Waals surface area contributed by atoms with E-state index in [4.69, 9.17) is 0 Å². The fourth-order valence-electron chi connectivity index (χ4n) is 2.37. The van der Waals surface area contributed by atoms with Crippen LogP contribution >= 0.6 is 0 Å². The monoisotopic (exact) mass is 283 g/mol. The van der Waals surface area contributed by atoms with Crippen LogP contribution in [0.2, 0.25) is 0 Å². The van der Waals surface area contributed by atoms with Gasteiger partial charge in [0.25, 0.3) is 0 Å². The van der Waals surface area contributed by atoms with Crippen LogP contribution in [0.25, 0.3) is 0 Å². The molecule has 5 nitrogen and oxygen atoms in total. The smallest absolute Gasteiger partial charge is 0.240 e. The highest BCUT2D eigenvalue weighted by Gasteiger charge is 2.20. The predicted octanol–water partition coefficient (Wildman–Crippen LogP) is 0.883. The minimum atomic E-state index is -3.43. The molecule has 0 spiro atoms. The highest BCUT2D eigenvalue weighted by Crippen LogP contribution is 2.25. The third kappa shape index (κ3) is 3.46. The van der Waals surface area contributed by atoms with Crippen LogP contribution in [-0.2, 0) is 16.4 Å². The first-order chi connectivity index (χ1) is 8.88. The number of hydrogen-bond donors (Lipinski definition) is 2. The minimum Gasteiger partial charge on any atom is -0.384 e. The first-order valence-corrected chi connectivity index (χ1v) is 7.90.